The van der Waals surface area contributed by atoms with Gasteiger partial charge in [0.2, 0.25) is 0 Å². The van der Waals surface area contributed by atoms with E-state index in [1.165, 1.54) is 0 Å². The molecule has 0 radical (unpaired) electrons. The third-order valence-electron chi connectivity index (χ3n) is 3.82. The predicted molar refractivity (Wildman–Crippen MR) is 85.9 cm³/mol. The average molecular weight is 313 g/mol. The summed E-state index contributed by atoms with van der Waals surface area (Å²) in [5.41, 5.74) is 1.16. The van der Waals surface area contributed by atoms with Crippen LogP contribution in [0.5, 0.6) is 0 Å². The number of morpholine rings is 1. The second-order valence-corrected chi connectivity index (χ2v) is 6.08. The second kappa shape index (κ2) is 8.71. The van der Waals surface area contributed by atoms with Crippen molar-refractivity contribution in [3.8, 4) is 0 Å². The number of halogens is 1. The average Bonchev–Trinajstić information content (AvgIpc) is 2.47. The quantitative estimate of drug-likeness (QED) is 0.828. The zero-order valence-electron chi connectivity index (χ0n) is 12.7. The van der Waals surface area contributed by atoms with Gasteiger partial charge in [0.15, 0.2) is 0 Å². The summed E-state index contributed by atoms with van der Waals surface area (Å²) in [5, 5.41) is 11.0. The number of rotatable bonds is 7. The van der Waals surface area contributed by atoms with Crippen LogP contribution < -0.4 is 0 Å². The van der Waals surface area contributed by atoms with Crippen LogP contribution in [-0.4, -0.2) is 74.0 Å². The number of aliphatic hydroxyl groups is 1. The first-order chi connectivity index (χ1) is 10.1. The van der Waals surface area contributed by atoms with Crippen LogP contribution in [0.4, 0.5) is 0 Å². The number of ether oxygens (including phenoxy) is 1. The lowest BCUT2D eigenvalue weighted by molar-refractivity contribution is 0.00878. The Labute approximate surface area is 132 Å². The molecule has 1 aliphatic rings. The minimum absolute atomic E-state index is 0.320. The molecule has 5 heteroatoms. The molecule has 1 aliphatic heterocycles. The molecule has 1 saturated heterocycles. The van der Waals surface area contributed by atoms with Crippen LogP contribution in [0.25, 0.3) is 0 Å². The molecule has 1 aromatic rings. The third kappa shape index (κ3) is 5.93. The van der Waals surface area contributed by atoms with Crippen LogP contribution >= 0.6 is 11.6 Å². The zero-order chi connectivity index (χ0) is 15.1. The topological polar surface area (TPSA) is 35.9 Å². The molecule has 0 amide bonds. The highest BCUT2D eigenvalue weighted by Crippen LogP contribution is 2.15. The maximum absolute atomic E-state index is 10.2. The molecular weight excluding hydrogens is 288 g/mol. The van der Waals surface area contributed by atoms with E-state index in [9.17, 15) is 5.11 Å². The summed E-state index contributed by atoms with van der Waals surface area (Å²) in [4.78, 5) is 4.42. The Balaban J connectivity index is 1.68. The lowest BCUT2D eigenvalue weighted by Crippen LogP contribution is -2.44. The molecule has 1 aromatic carbocycles. The smallest absolute Gasteiger partial charge is 0.0793 e. The van der Waals surface area contributed by atoms with E-state index in [1.54, 1.807) is 0 Å². The number of β-amino-alcohol motifs (C(OH)–C–C–N with tert-alkyl or cyclic N) is 1. The van der Waals surface area contributed by atoms with Crippen LogP contribution in [-0.2, 0) is 11.2 Å². The fourth-order valence-corrected chi connectivity index (χ4v) is 2.83. The summed E-state index contributed by atoms with van der Waals surface area (Å²) in [7, 11) is 2.04. The van der Waals surface area contributed by atoms with Crippen molar-refractivity contribution in [2.75, 3.05) is 53.0 Å². The van der Waals surface area contributed by atoms with Gasteiger partial charge in [-0.2, -0.15) is 0 Å². The molecular formula is C16H25ClN2O2. The Hall–Kier alpha value is -0.650. The van der Waals surface area contributed by atoms with Gasteiger partial charge in [0.25, 0.3) is 0 Å². The van der Waals surface area contributed by atoms with E-state index in [0.29, 0.717) is 6.54 Å². The number of hydrogen-bond acceptors (Lipinski definition) is 4. The van der Waals surface area contributed by atoms with Crippen LogP contribution in [0, 0.1) is 0 Å². The van der Waals surface area contributed by atoms with Gasteiger partial charge in [-0.25, -0.2) is 0 Å². The van der Waals surface area contributed by atoms with Crippen molar-refractivity contribution in [2.45, 2.75) is 12.5 Å². The molecule has 4 nitrogen and oxygen atoms in total. The number of likely N-dealkylation sites (N-methyl/N-ethyl adjacent to an activating group) is 1. The summed E-state index contributed by atoms with van der Waals surface area (Å²) >= 11 is 6.16. The van der Waals surface area contributed by atoms with E-state index in [-0.39, 0.29) is 6.10 Å². The minimum Gasteiger partial charge on any atom is -0.390 e. The first-order valence-corrected chi connectivity index (χ1v) is 7.93. The van der Waals surface area contributed by atoms with Gasteiger partial charge in [0.1, 0.15) is 0 Å². The summed E-state index contributed by atoms with van der Waals surface area (Å²) < 4.78 is 5.31. The van der Waals surface area contributed by atoms with E-state index in [0.717, 1.165) is 56.4 Å². The van der Waals surface area contributed by atoms with Gasteiger partial charge in [-0.3, -0.25) is 4.90 Å². The number of hydrogen-bond donors (Lipinski definition) is 1. The molecule has 0 aliphatic carbocycles. The van der Waals surface area contributed by atoms with Crippen molar-refractivity contribution in [3.05, 3.63) is 34.9 Å². The standard InChI is InChI=1S/C16H25ClN2O2/c1-18(7-6-14-4-2-3-5-16(14)17)12-15(20)13-19-8-10-21-11-9-19/h2-5,15,20H,6-13H2,1H3. The highest BCUT2D eigenvalue weighted by molar-refractivity contribution is 6.31. The Kier molecular flexibility index (Phi) is 6.93. The molecule has 0 saturated carbocycles. The first-order valence-electron chi connectivity index (χ1n) is 7.55. The molecule has 1 N–H and O–H groups in total. The number of benzene rings is 1. The SMILES string of the molecule is CN(CCc1ccccc1Cl)CC(O)CN1CCOCC1. The second-order valence-electron chi connectivity index (χ2n) is 5.67. The van der Waals surface area contributed by atoms with E-state index < -0.39 is 0 Å². The Morgan fingerprint density at radius 1 is 1.33 bits per heavy atom. The van der Waals surface area contributed by atoms with E-state index in [1.807, 2.05) is 25.2 Å². The fraction of sp³-hybridized carbons (Fsp3) is 0.625. The normalized spacial score (nSPS) is 18.1. The Bertz CT molecular complexity index is 424. The lowest BCUT2D eigenvalue weighted by Gasteiger charge is -2.30. The van der Waals surface area contributed by atoms with Crippen molar-refractivity contribution < 1.29 is 9.84 Å². The van der Waals surface area contributed by atoms with Gasteiger partial charge in [-0.1, -0.05) is 29.8 Å². The molecule has 0 aromatic heterocycles. The molecule has 21 heavy (non-hydrogen) atoms. The molecule has 118 valence electrons. The lowest BCUT2D eigenvalue weighted by atomic mass is 10.1. The summed E-state index contributed by atoms with van der Waals surface area (Å²) in [5.74, 6) is 0. The van der Waals surface area contributed by atoms with Crippen LogP contribution in [0.2, 0.25) is 5.02 Å². The van der Waals surface area contributed by atoms with Gasteiger partial charge in [-0.05, 0) is 25.1 Å². The number of aliphatic hydroxyl groups excluding tert-OH is 1. The largest absolute Gasteiger partial charge is 0.390 e. The van der Waals surface area contributed by atoms with Gasteiger partial charge in [-0.15, -0.1) is 0 Å². The zero-order valence-corrected chi connectivity index (χ0v) is 13.4. The molecule has 2 rings (SSSR count). The molecule has 0 bridgehead atoms. The van der Waals surface area contributed by atoms with E-state index in [4.69, 9.17) is 16.3 Å². The van der Waals surface area contributed by atoms with Crippen LogP contribution in [0.15, 0.2) is 24.3 Å². The maximum atomic E-state index is 10.2. The van der Waals surface area contributed by atoms with E-state index >= 15 is 0 Å². The number of nitrogens with zero attached hydrogens (tertiary/aromatic N) is 2. The minimum atomic E-state index is -0.320. The van der Waals surface area contributed by atoms with Crippen molar-refractivity contribution in [1.82, 2.24) is 9.80 Å². The van der Waals surface area contributed by atoms with Crippen LogP contribution in [0.1, 0.15) is 5.56 Å². The van der Waals surface area contributed by atoms with Crippen molar-refractivity contribution in [3.63, 3.8) is 0 Å². The van der Waals surface area contributed by atoms with Gasteiger partial charge in [0, 0.05) is 37.7 Å². The molecule has 0 spiro atoms. The predicted octanol–water partition coefficient (Wildman–Crippen LogP) is 1.51. The molecule has 1 heterocycles. The Morgan fingerprint density at radius 3 is 2.76 bits per heavy atom. The summed E-state index contributed by atoms with van der Waals surface area (Å²) in [6, 6.07) is 7.93. The summed E-state index contributed by atoms with van der Waals surface area (Å²) in [6.07, 6.45) is 0.583. The van der Waals surface area contributed by atoms with E-state index in [2.05, 4.69) is 15.9 Å². The molecule has 1 unspecified atom stereocenters. The van der Waals surface area contributed by atoms with Crippen molar-refractivity contribution in [1.29, 1.82) is 0 Å². The fourth-order valence-electron chi connectivity index (χ4n) is 2.60. The highest BCUT2D eigenvalue weighted by Gasteiger charge is 2.16. The van der Waals surface area contributed by atoms with Gasteiger partial charge in [0.05, 0.1) is 19.3 Å². The first kappa shape index (κ1) is 16.7. The highest BCUT2D eigenvalue weighted by atomic mass is 35.5. The van der Waals surface area contributed by atoms with Crippen molar-refractivity contribution >= 4 is 11.6 Å². The van der Waals surface area contributed by atoms with Gasteiger partial charge >= 0.3 is 0 Å². The molecule has 1 atom stereocenters. The summed E-state index contributed by atoms with van der Waals surface area (Å²) in [6.45, 7) is 5.68. The maximum Gasteiger partial charge on any atom is 0.0793 e. The third-order valence-corrected chi connectivity index (χ3v) is 4.18. The Morgan fingerprint density at radius 2 is 2.05 bits per heavy atom. The van der Waals surface area contributed by atoms with Crippen LogP contribution in [0.3, 0.4) is 0 Å². The van der Waals surface area contributed by atoms with Crippen molar-refractivity contribution in [2.24, 2.45) is 0 Å². The monoisotopic (exact) mass is 312 g/mol. The van der Waals surface area contributed by atoms with Gasteiger partial charge < -0.3 is 14.7 Å². The molecule has 1 fully saturated rings.